The van der Waals surface area contributed by atoms with Gasteiger partial charge in [0, 0.05) is 4.90 Å². The van der Waals surface area contributed by atoms with E-state index in [9.17, 15) is 0 Å². The van der Waals surface area contributed by atoms with Crippen molar-refractivity contribution in [3.63, 3.8) is 0 Å². The highest BCUT2D eigenvalue weighted by Gasteiger charge is 2.39. The van der Waals surface area contributed by atoms with E-state index in [0.29, 0.717) is 5.92 Å². The van der Waals surface area contributed by atoms with E-state index in [1.54, 1.807) is 11.8 Å². The second-order valence-electron chi connectivity index (χ2n) is 4.81. The largest absolute Gasteiger partial charge is 0.313 e. The van der Waals surface area contributed by atoms with Crippen LogP contribution in [0.1, 0.15) is 25.7 Å². The van der Waals surface area contributed by atoms with Crippen molar-refractivity contribution >= 4 is 23.4 Å². The molecule has 2 nitrogen and oxygen atoms in total. The van der Waals surface area contributed by atoms with Crippen molar-refractivity contribution < 1.29 is 0 Å². The highest BCUT2D eigenvalue weighted by molar-refractivity contribution is 7.99. The van der Waals surface area contributed by atoms with E-state index in [4.69, 9.17) is 22.6 Å². The number of hydrogen-bond acceptors (Lipinski definition) is 3. The van der Waals surface area contributed by atoms with Crippen molar-refractivity contribution in [3.05, 3.63) is 29.3 Å². The standard InChI is InChI=1S/C14H17ClN2S/c15-12-5-1-2-6-13(12)18-9-7-11-4-3-8-14(11,17)10-16/h1-2,5-6,11H,3-4,7-9,17H2. The minimum absolute atomic E-state index is 0.331. The first-order valence-corrected chi connectivity index (χ1v) is 7.59. The summed E-state index contributed by atoms with van der Waals surface area (Å²) in [7, 11) is 0. The van der Waals surface area contributed by atoms with Crippen LogP contribution in [0, 0.1) is 17.2 Å². The minimum atomic E-state index is -0.596. The molecule has 18 heavy (non-hydrogen) atoms. The summed E-state index contributed by atoms with van der Waals surface area (Å²) >= 11 is 7.85. The number of rotatable bonds is 4. The van der Waals surface area contributed by atoms with Gasteiger partial charge in [0.25, 0.3) is 0 Å². The van der Waals surface area contributed by atoms with E-state index < -0.39 is 5.54 Å². The zero-order valence-electron chi connectivity index (χ0n) is 10.2. The summed E-state index contributed by atoms with van der Waals surface area (Å²) in [5, 5.41) is 9.95. The Kier molecular flexibility index (Phi) is 4.55. The van der Waals surface area contributed by atoms with Crippen LogP contribution < -0.4 is 5.73 Å². The normalized spacial score (nSPS) is 27.1. The van der Waals surface area contributed by atoms with Gasteiger partial charge in [-0.25, -0.2) is 0 Å². The van der Waals surface area contributed by atoms with Gasteiger partial charge >= 0.3 is 0 Å². The summed E-state index contributed by atoms with van der Waals surface area (Å²) in [6.45, 7) is 0. The molecule has 0 bridgehead atoms. The molecule has 2 unspecified atom stereocenters. The Morgan fingerprint density at radius 1 is 1.50 bits per heavy atom. The lowest BCUT2D eigenvalue weighted by Crippen LogP contribution is -2.41. The van der Waals surface area contributed by atoms with Gasteiger partial charge in [0.1, 0.15) is 5.54 Å². The van der Waals surface area contributed by atoms with E-state index >= 15 is 0 Å². The predicted octanol–water partition coefficient (Wildman–Crippen LogP) is 3.84. The van der Waals surface area contributed by atoms with Gasteiger partial charge in [-0.15, -0.1) is 11.8 Å². The summed E-state index contributed by atoms with van der Waals surface area (Å²) in [6, 6.07) is 10.2. The Labute approximate surface area is 118 Å². The van der Waals surface area contributed by atoms with Crippen LogP contribution in [0.2, 0.25) is 5.02 Å². The molecule has 2 N–H and O–H groups in total. The van der Waals surface area contributed by atoms with Gasteiger partial charge in [-0.2, -0.15) is 5.26 Å². The fraction of sp³-hybridized carbons (Fsp3) is 0.500. The lowest BCUT2D eigenvalue weighted by atomic mass is 9.88. The van der Waals surface area contributed by atoms with Gasteiger partial charge in [-0.1, -0.05) is 30.2 Å². The summed E-state index contributed by atoms with van der Waals surface area (Å²) in [5.41, 5.74) is 5.52. The first-order chi connectivity index (χ1) is 8.65. The number of benzene rings is 1. The number of nitrogens with two attached hydrogens (primary N) is 1. The molecule has 0 heterocycles. The molecular formula is C14H17ClN2S. The third-order valence-electron chi connectivity index (χ3n) is 3.64. The van der Waals surface area contributed by atoms with Crippen LogP contribution >= 0.6 is 23.4 Å². The summed E-state index contributed by atoms with van der Waals surface area (Å²) in [6.07, 6.45) is 3.98. The molecule has 2 atom stereocenters. The van der Waals surface area contributed by atoms with Crippen molar-refractivity contribution in [1.82, 2.24) is 0 Å². The van der Waals surface area contributed by atoms with Crippen LogP contribution in [0.4, 0.5) is 0 Å². The first-order valence-electron chi connectivity index (χ1n) is 6.23. The van der Waals surface area contributed by atoms with E-state index in [2.05, 4.69) is 6.07 Å². The SMILES string of the molecule is N#CC1(N)CCCC1CCSc1ccccc1Cl. The Balaban J connectivity index is 1.86. The maximum atomic E-state index is 9.15. The van der Waals surface area contributed by atoms with Crippen LogP contribution in [-0.4, -0.2) is 11.3 Å². The summed E-state index contributed by atoms with van der Waals surface area (Å²) < 4.78 is 0. The predicted molar refractivity (Wildman–Crippen MR) is 76.7 cm³/mol. The maximum Gasteiger partial charge on any atom is 0.107 e. The first kappa shape index (κ1) is 13.7. The molecule has 1 aliphatic rings. The second-order valence-corrected chi connectivity index (χ2v) is 6.35. The number of thioether (sulfide) groups is 1. The van der Waals surface area contributed by atoms with Crippen molar-refractivity contribution in [1.29, 1.82) is 5.26 Å². The van der Waals surface area contributed by atoms with E-state index in [1.165, 1.54) is 0 Å². The van der Waals surface area contributed by atoms with Crippen molar-refractivity contribution in [2.45, 2.75) is 36.1 Å². The molecule has 1 aromatic carbocycles. The number of nitrogens with zero attached hydrogens (tertiary/aromatic N) is 1. The molecular weight excluding hydrogens is 264 g/mol. The smallest absolute Gasteiger partial charge is 0.107 e. The molecule has 0 aromatic heterocycles. The van der Waals surface area contributed by atoms with Gasteiger partial charge in [-0.05, 0) is 43.1 Å². The van der Waals surface area contributed by atoms with Gasteiger partial charge < -0.3 is 5.73 Å². The Morgan fingerprint density at radius 3 is 3.00 bits per heavy atom. The highest BCUT2D eigenvalue weighted by Crippen LogP contribution is 2.37. The molecule has 0 spiro atoms. The quantitative estimate of drug-likeness (QED) is 0.853. The monoisotopic (exact) mass is 280 g/mol. The van der Waals surface area contributed by atoms with Crippen LogP contribution in [0.3, 0.4) is 0 Å². The molecule has 1 aliphatic carbocycles. The molecule has 2 rings (SSSR count). The third kappa shape index (κ3) is 3.00. The van der Waals surface area contributed by atoms with E-state index in [0.717, 1.165) is 41.4 Å². The topological polar surface area (TPSA) is 49.8 Å². The average molecular weight is 281 g/mol. The number of halogens is 1. The fourth-order valence-electron chi connectivity index (χ4n) is 2.52. The van der Waals surface area contributed by atoms with Crippen LogP contribution in [0.15, 0.2) is 29.2 Å². The molecule has 0 aliphatic heterocycles. The zero-order valence-corrected chi connectivity index (χ0v) is 11.8. The number of hydrogen-bond donors (Lipinski definition) is 1. The Morgan fingerprint density at radius 2 is 2.28 bits per heavy atom. The Bertz CT molecular complexity index is 457. The minimum Gasteiger partial charge on any atom is -0.313 e. The van der Waals surface area contributed by atoms with Crippen LogP contribution in [-0.2, 0) is 0 Å². The third-order valence-corrected chi connectivity index (χ3v) is 5.19. The number of nitriles is 1. The van der Waals surface area contributed by atoms with Gasteiger partial charge in [0.2, 0.25) is 0 Å². The van der Waals surface area contributed by atoms with Gasteiger partial charge in [-0.3, -0.25) is 0 Å². The molecule has 1 fully saturated rings. The van der Waals surface area contributed by atoms with Gasteiger partial charge in [0.05, 0.1) is 11.1 Å². The van der Waals surface area contributed by atoms with Crippen LogP contribution in [0.5, 0.6) is 0 Å². The second kappa shape index (κ2) is 5.97. The lowest BCUT2D eigenvalue weighted by Gasteiger charge is -2.23. The average Bonchev–Trinajstić information content (AvgIpc) is 2.74. The lowest BCUT2D eigenvalue weighted by molar-refractivity contribution is 0.389. The molecule has 0 amide bonds. The zero-order chi connectivity index (χ0) is 13.0. The molecule has 4 heteroatoms. The van der Waals surface area contributed by atoms with Crippen LogP contribution in [0.25, 0.3) is 0 Å². The molecule has 1 saturated carbocycles. The molecule has 0 saturated heterocycles. The van der Waals surface area contributed by atoms with Crippen molar-refractivity contribution in [2.24, 2.45) is 11.7 Å². The molecule has 0 radical (unpaired) electrons. The fourth-order valence-corrected chi connectivity index (χ4v) is 3.83. The van der Waals surface area contributed by atoms with E-state index in [-0.39, 0.29) is 0 Å². The van der Waals surface area contributed by atoms with Gasteiger partial charge in [0.15, 0.2) is 0 Å². The maximum absolute atomic E-state index is 9.15. The summed E-state index contributed by atoms with van der Waals surface area (Å²) in [5.74, 6) is 1.30. The molecule has 1 aromatic rings. The van der Waals surface area contributed by atoms with Crippen molar-refractivity contribution in [2.75, 3.05) is 5.75 Å². The van der Waals surface area contributed by atoms with Crippen molar-refractivity contribution in [3.8, 4) is 6.07 Å². The Hall–Kier alpha value is -0.690. The molecule has 96 valence electrons. The highest BCUT2D eigenvalue weighted by atomic mass is 35.5. The van der Waals surface area contributed by atoms with E-state index in [1.807, 2.05) is 24.3 Å². The summed E-state index contributed by atoms with van der Waals surface area (Å²) in [4.78, 5) is 1.11.